The van der Waals surface area contributed by atoms with Gasteiger partial charge in [0.2, 0.25) is 0 Å². The third-order valence-corrected chi connectivity index (χ3v) is 5.75. The van der Waals surface area contributed by atoms with E-state index in [2.05, 4.69) is 64.8 Å². The molecule has 0 unspecified atom stereocenters. The van der Waals surface area contributed by atoms with E-state index in [0.717, 1.165) is 49.9 Å². The Labute approximate surface area is 178 Å². The van der Waals surface area contributed by atoms with Crippen LogP contribution in [0.25, 0.3) is 11.9 Å². The number of carbonyl (C=O) groups excluding carboxylic acids is 1. The molecule has 0 bridgehead atoms. The Morgan fingerprint density at radius 1 is 1.00 bits per heavy atom. The molecule has 0 aliphatic carbocycles. The second-order valence-electron chi connectivity index (χ2n) is 7.86. The summed E-state index contributed by atoms with van der Waals surface area (Å²) in [5.41, 5.74) is 4.07. The van der Waals surface area contributed by atoms with Crippen LogP contribution in [0.15, 0.2) is 54.7 Å². The molecule has 1 aromatic carbocycles. The second-order valence-corrected chi connectivity index (χ2v) is 7.86. The van der Waals surface area contributed by atoms with Gasteiger partial charge in [0, 0.05) is 51.2 Å². The van der Waals surface area contributed by atoms with Gasteiger partial charge in [0.15, 0.2) is 0 Å². The van der Waals surface area contributed by atoms with Gasteiger partial charge in [0.1, 0.15) is 11.4 Å². The molecule has 4 rings (SSSR count). The topological polar surface area (TPSA) is 46.3 Å². The molecule has 2 aromatic heterocycles. The molecule has 0 N–H and O–H groups in total. The van der Waals surface area contributed by atoms with E-state index >= 15 is 0 Å². The summed E-state index contributed by atoms with van der Waals surface area (Å²) in [4.78, 5) is 17.6. The summed E-state index contributed by atoms with van der Waals surface area (Å²) >= 11 is 0. The Kier molecular flexibility index (Phi) is 5.86. The highest BCUT2D eigenvalue weighted by atomic mass is 16.2. The minimum absolute atomic E-state index is 0.0603. The third-order valence-electron chi connectivity index (χ3n) is 5.75. The van der Waals surface area contributed by atoms with Crippen LogP contribution in [0.4, 0.5) is 0 Å². The maximum atomic E-state index is 13.3. The monoisotopic (exact) mass is 403 g/mol. The molecule has 3 aromatic rings. The summed E-state index contributed by atoms with van der Waals surface area (Å²) in [7, 11) is 1.89. The van der Waals surface area contributed by atoms with Gasteiger partial charge in [-0.1, -0.05) is 42.5 Å². The molecule has 1 saturated heterocycles. The Bertz CT molecular complexity index is 1020. The zero-order valence-electron chi connectivity index (χ0n) is 18.0. The van der Waals surface area contributed by atoms with Crippen molar-refractivity contribution in [1.29, 1.82) is 0 Å². The van der Waals surface area contributed by atoms with Crippen LogP contribution in [0.3, 0.4) is 0 Å². The fraction of sp³-hybridized carbons (Fsp3) is 0.333. The Morgan fingerprint density at radius 3 is 2.33 bits per heavy atom. The lowest BCUT2D eigenvalue weighted by atomic mass is 10.2. The van der Waals surface area contributed by atoms with Gasteiger partial charge in [0.25, 0.3) is 5.91 Å². The predicted molar refractivity (Wildman–Crippen MR) is 120 cm³/mol. The largest absolute Gasteiger partial charge is 0.336 e. The standard InChI is InChI=1S/C24H29N5O/c1-19-11-12-20(2)29(19)23-22(18-25-26(23)3)24(30)28-16-14-27(15-17-28)13-7-10-21-8-5-4-6-9-21/h4-12,18H,13-17H2,1-3H3. The van der Waals surface area contributed by atoms with Crippen molar-refractivity contribution in [2.75, 3.05) is 32.7 Å². The molecule has 0 saturated carbocycles. The van der Waals surface area contributed by atoms with E-state index in [-0.39, 0.29) is 5.91 Å². The van der Waals surface area contributed by atoms with Gasteiger partial charge in [-0.3, -0.25) is 14.4 Å². The van der Waals surface area contributed by atoms with Crippen LogP contribution in [0.1, 0.15) is 27.3 Å². The molecule has 1 aliphatic rings. The van der Waals surface area contributed by atoms with Gasteiger partial charge in [-0.05, 0) is 31.5 Å². The van der Waals surface area contributed by atoms with Crippen LogP contribution in [0, 0.1) is 13.8 Å². The van der Waals surface area contributed by atoms with E-state index in [0.29, 0.717) is 5.56 Å². The molecular formula is C24H29N5O. The van der Waals surface area contributed by atoms with Crippen LogP contribution in [0.5, 0.6) is 0 Å². The second kappa shape index (κ2) is 8.71. The quantitative estimate of drug-likeness (QED) is 0.657. The number of hydrogen-bond acceptors (Lipinski definition) is 3. The number of amides is 1. The van der Waals surface area contributed by atoms with E-state index in [1.54, 1.807) is 10.9 Å². The number of aromatic nitrogens is 3. The van der Waals surface area contributed by atoms with Crippen molar-refractivity contribution in [3.63, 3.8) is 0 Å². The van der Waals surface area contributed by atoms with Gasteiger partial charge >= 0.3 is 0 Å². The maximum absolute atomic E-state index is 13.3. The van der Waals surface area contributed by atoms with E-state index in [1.807, 2.05) is 30.1 Å². The molecule has 6 heteroatoms. The molecular weight excluding hydrogens is 374 g/mol. The first kappa shape index (κ1) is 20.2. The van der Waals surface area contributed by atoms with Crippen LogP contribution in [-0.2, 0) is 7.05 Å². The average Bonchev–Trinajstić information content (AvgIpc) is 3.29. The number of rotatable bonds is 5. The van der Waals surface area contributed by atoms with Crippen molar-refractivity contribution >= 4 is 12.0 Å². The van der Waals surface area contributed by atoms with Crippen molar-refractivity contribution in [2.45, 2.75) is 13.8 Å². The molecule has 0 radical (unpaired) electrons. The summed E-state index contributed by atoms with van der Waals surface area (Å²) in [5, 5.41) is 4.38. The van der Waals surface area contributed by atoms with Crippen LogP contribution >= 0.6 is 0 Å². The van der Waals surface area contributed by atoms with Gasteiger partial charge in [-0.2, -0.15) is 5.10 Å². The number of carbonyl (C=O) groups is 1. The highest BCUT2D eigenvalue weighted by Gasteiger charge is 2.26. The van der Waals surface area contributed by atoms with E-state index in [9.17, 15) is 4.79 Å². The Morgan fingerprint density at radius 2 is 1.67 bits per heavy atom. The van der Waals surface area contributed by atoms with Crippen molar-refractivity contribution in [3.8, 4) is 5.82 Å². The van der Waals surface area contributed by atoms with E-state index < -0.39 is 0 Å². The summed E-state index contributed by atoms with van der Waals surface area (Å²) in [6, 6.07) is 14.5. The molecule has 1 amide bonds. The van der Waals surface area contributed by atoms with Crippen molar-refractivity contribution in [3.05, 3.63) is 77.3 Å². The van der Waals surface area contributed by atoms with Crippen LogP contribution in [-0.4, -0.2) is 62.8 Å². The number of aryl methyl sites for hydroxylation is 3. The predicted octanol–water partition coefficient (Wildman–Crippen LogP) is 3.30. The fourth-order valence-corrected chi connectivity index (χ4v) is 4.06. The van der Waals surface area contributed by atoms with E-state index in [1.165, 1.54) is 5.56 Å². The molecule has 0 atom stereocenters. The highest BCUT2D eigenvalue weighted by Crippen LogP contribution is 2.21. The summed E-state index contributed by atoms with van der Waals surface area (Å²) in [6.45, 7) is 8.22. The molecule has 30 heavy (non-hydrogen) atoms. The van der Waals surface area contributed by atoms with Crippen molar-refractivity contribution in [2.24, 2.45) is 7.05 Å². The maximum Gasteiger partial charge on any atom is 0.259 e. The fourth-order valence-electron chi connectivity index (χ4n) is 4.06. The Hall–Kier alpha value is -3.12. The number of benzene rings is 1. The smallest absolute Gasteiger partial charge is 0.259 e. The molecule has 1 aliphatic heterocycles. The van der Waals surface area contributed by atoms with Crippen molar-refractivity contribution in [1.82, 2.24) is 24.1 Å². The third kappa shape index (κ3) is 4.09. The zero-order chi connectivity index (χ0) is 21.1. The summed E-state index contributed by atoms with van der Waals surface area (Å²) in [6.07, 6.45) is 6.05. The summed E-state index contributed by atoms with van der Waals surface area (Å²) < 4.78 is 3.89. The molecule has 1 fully saturated rings. The van der Waals surface area contributed by atoms with E-state index in [4.69, 9.17) is 0 Å². The highest BCUT2D eigenvalue weighted by molar-refractivity contribution is 5.97. The number of nitrogens with zero attached hydrogens (tertiary/aromatic N) is 5. The lowest BCUT2D eigenvalue weighted by molar-refractivity contribution is 0.0650. The van der Waals surface area contributed by atoms with Crippen molar-refractivity contribution < 1.29 is 4.79 Å². The first-order valence-electron chi connectivity index (χ1n) is 10.4. The lowest BCUT2D eigenvalue weighted by Gasteiger charge is -2.34. The first-order valence-corrected chi connectivity index (χ1v) is 10.4. The van der Waals surface area contributed by atoms with Gasteiger partial charge < -0.3 is 9.47 Å². The minimum Gasteiger partial charge on any atom is -0.336 e. The minimum atomic E-state index is 0.0603. The van der Waals surface area contributed by atoms with Gasteiger partial charge in [0.05, 0.1) is 6.20 Å². The molecule has 6 nitrogen and oxygen atoms in total. The first-order chi connectivity index (χ1) is 14.5. The number of hydrogen-bond donors (Lipinski definition) is 0. The van der Waals surface area contributed by atoms with Crippen LogP contribution in [0.2, 0.25) is 0 Å². The van der Waals surface area contributed by atoms with Gasteiger partial charge in [-0.25, -0.2) is 0 Å². The van der Waals surface area contributed by atoms with Crippen LogP contribution < -0.4 is 0 Å². The molecule has 3 heterocycles. The van der Waals surface area contributed by atoms with Gasteiger partial charge in [-0.15, -0.1) is 0 Å². The molecule has 0 spiro atoms. The average molecular weight is 404 g/mol. The molecule has 156 valence electrons. The lowest BCUT2D eigenvalue weighted by Crippen LogP contribution is -2.48. The SMILES string of the molecule is Cc1ccc(C)n1-c1c(C(=O)N2CCN(CC=Cc3ccccc3)CC2)cnn1C. The Balaban J connectivity index is 1.40. The summed E-state index contributed by atoms with van der Waals surface area (Å²) in [5.74, 6) is 0.901. The number of piperazine rings is 1. The normalized spacial score (nSPS) is 15.2. The zero-order valence-corrected chi connectivity index (χ0v) is 18.0.